The lowest BCUT2D eigenvalue weighted by Gasteiger charge is -2.05. The van der Waals surface area contributed by atoms with Gasteiger partial charge in [-0.05, 0) is 34.6 Å². The zero-order valence-electron chi connectivity index (χ0n) is 17.3. The molecule has 1 amide bonds. The minimum absolute atomic E-state index is 0.00598. The van der Waals surface area contributed by atoms with Gasteiger partial charge in [0.1, 0.15) is 17.2 Å². The van der Waals surface area contributed by atoms with Gasteiger partial charge in [0.25, 0.3) is 5.91 Å². The van der Waals surface area contributed by atoms with Gasteiger partial charge in [0.2, 0.25) is 11.6 Å². The Bertz CT molecular complexity index is 1470. The van der Waals surface area contributed by atoms with Crippen molar-refractivity contribution < 1.29 is 13.8 Å². The van der Waals surface area contributed by atoms with E-state index in [2.05, 4.69) is 51.7 Å². The molecular formula is C22H15BrN8O3. The Morgan fingerprint density at radius 1 is 1.03 bits per heavy atom. The van der Waals surface area contributed by atoms with Gasteiger partial charge in [-0.2, -0.15) is 9.78 Å². The molecule has 3 heterocycles. The molecule has 0 atom stereocenters. The number of hydrazone groups is 1. The molecule has 0 aliphatic rings. The molecule has 0 saturated heterocycles. The standard InChI is InChI=1S/C22H15BrN8O3/c23-15-8-6-13(7-9-15)17-11-10-16(33-17)12-25-27-22(32)18-19(14-4-2-1-3-5-14)31(30-26-18)21-20(24)28-34-29-21/h1-12H,(H2,24,28)(H,27,32)/b25-12-. The lowest BCUT2D eigenvalue weighted by atomic mass is 10.1. The largest absolute Gasteiger partial charge is 0.455 e. The highest BCUT2D eigenvalue weighted by molar-refractivity contribution is 9.10. The van der Waals surface area contributed by atoms with E-state index in [1.54, 1.807) is 18.2 Å². The first kappa shape index (κ1) is 21.3. The molecule has 5 aromatic rings. The van der Waals surface area contributed by atoms with Crippen LogP contribution in [0.5, 0.6) is 0 Å². The van der Waals surface area contributed by atoms with Crippen LogP contribution in [0.3, 0.4) is 0 Å². The molecule has 34 heavy (non-hydrogen) atoms. The number of hydrogen-bond donors (Lipinski definition) is 2. The third-order valence-corrected chi connectivity index (χ3v) is 5.27. The van der Waals surface area contributed by atoms with Gasteiger partial charge in [-0.1, -0.05) is 63.6 Å². The summed E-state index contributed by atoms with van der Waals surface area (Å²) in [6, 6.07) is 20.3. The maximum atomic E-state index is 12.9. The molecule has 2 aromatic carbocycles. The van der Waals surface area contributed by atoms with Crippen LogP contribution in [0.1, 0.15) is 16.2 Å². The number of halogens is 1. The fourth-order valence-electron chi connectivity index (χ4n) is 3.17. The van der Waals surface area contributed by atoms with Gasteiger partial charge in [-0.3, -0.25) is 4.79 Å². The van der Waals surface area contributed by atoms with E-state index in [1.165, 1.54) is 10.9 Å². The van der Waals surface area contributed by atoms with Crippen molar-refractivity contribution in [2.24, 2.45) is 5.10 Å². The predicted octanol–water partition coefficient (Wildman–Crippen LogP) is 3.69. The summed E-state index contributed by atoms with van der Waals surface area (Å²) in [6.45, 7) is 0. The fraction of sp³-hybridized carbons (Fsp3) is 0. The van der Waals surface area contributed by atoms with Crippen LogP contribution in [0.4, 0.5) is 5.82 Å². The Morgan fingerprint density at radius 2 is 1.82 bits per heavy atom. The number of nitrogens with two attached hydrogens (primary N) is 1. The predicted molar refractivity (Wildman–Crippen MR) is 126 cm³/mol. The van der Waals surface area contributed by atoms with Gasteiger partial charge in [0.05, 0.1) is 6.21 Å². The summed E-state index contributed by atoms with van der Waals surface area (Å²) in [7, 11) is 0. The zero-order valence-corrected chi connectivity index (χ0v) is 18.9. The van der Waals surface area contributed by atoms with Gasteiger partial charge >= 0.3 is 0 Å². The molecule has 0 radical (unpaired) electrons. The van der Waals surface area contributed by atoms with Crippen LogP contribution in [0, 0.1) is 0 Å². The van der Waals surface area contributed by atoms with E-state index in [0.29, 0.717) is 22.8 Å². The van der Waals surface area contributed by atoms with Gasteiger partial charge < -0.3 is 10.2 Å². The van der Waals surface area contributed by atoms with E-state index in [4.69, 9.17) is 10.2 Å². The van der Waals surface area contributed by atoms with E-state index < -0.39 is 5.91 Å². The molecule has 0 aliphatic carbocycles. The summed E-state index contributed by atoms with van der Waals surface area (Å²) in [4.78, 5) is 12.9. The molecule has 11 nitrogen and oxygen atoms in total. The van der Waals surface area contributed by atoms with Crippen molar-refractivity contribution in [2.45, 2.75) is 0 Å². The minimum Gasteiger partial charge on any atom is -0.455 e. The van der Waals surface area contributed by atoms with Crippen molar-refractivity contribution in [2.75, 3.05) is 5.73 Å². The number of anilines is 1. The number of nitrogens with zero attached hydrogens (tertiary/aromatic N) is 6. The molecule has 0 bridgehead atoms. The topological polar surface area (TPSA) is 150 Å². The Labute approximate surface area is 200 Å². The Hall–Kier alpha value is -4.58. The van der Waals surface area contributed by atoms with Crippen molar-refractivity contribution in [1.29, 1.82) is 0 Å². The molecular weight excluding hydrogens is 504 g/mol. The van der Waals surface area contributed by atoms with Crippen molar-refractivity contribution >= 4 is 33.9 Å². The highest BCUT2D eigenvalue weighted by Crippen LogP contribution is 2.26. The number of hydrogen-bond acceptors (Lipinski definition) is 9. The van der Waals surface area contributed by atoms with Gasteiger partial charge in [0, 0.05) is 15.6 Å². The van der Waals surface area contributed by atoms with Crippen LogP contribution < -0.4 is 11.2 Å². The minimum atomic E-state index is -0.587. The molecule has 3 N–H and O–H groups in total. The molecule has 0 saturated carbocycles. The van der Waals surface area contributed by atoms with Crippen LogP contribution in [-0.4, -0.2) is 37.4 Å². The van der Waals surface area contributed by atoms with Crippen LogP contribution in [0.15, 0.2) is 85.4 Å². The van der Waals surface area contributed by atoms with Gasteiger partial charge in [-0.15, -0.1) is 5.10 Å². The van der Waals surface area contributed by atoms with Crippen LogP contribution in [-0.2, 0) is 0 Å². The highest BCUT2D eigenvalue weighted by atomic mass is 79.9. The highest BCUT2D eigenvalue weighted by Gasteiger charge is 2.25. The second kappa shape index (κ2) is 9.11. The first-order valence-electron chi connectivity index (χ1n) is 9.89. The summed E-state index contributed by atoms with van der Waals surface area (Å²) >= 11 is 3.41. The summed E-state index contributed by atoms with van der Waals surface area (Å²) in [5, 5.41) is 19.3. The summed E-state index contributed by atoms with van der Waals surface area (Å²) in [5.41, 5.74) is 10.2. The third kappa shape index (κ3) is 4.21. The molecule has 0 fully saturated rings. The average Bonchev–Trinajstić information content (AvgIpc) is 3.59. The van der Waals surface area contributed by atoms with Crippen molar-refractivity contribution in [3.05, 3.63) is 82.7 Å². The number of nitrogen functional groups attached to an aromatic ring is 1. The zero-order chi connectivity index (χ0) is 23.5. The van der Waals surface area contributed by atoms with Crippen molar-refractivity contribution in [3.8, 4) is 28.4 Å². The number of carbonyl (C=O) groups is 1. The maximum absolute atomic E-state index is 12.9. The second-order valence-electron chi connectivity index (χ2n) is 6.95. The van der Waals surface area contributed by atoms with Gasteiger partial charge in [-0.25, -0.2) is 10.1 Å². The molecule has 3 aromatic heterocycles. The number of carbonyl (C=O) groups excluding carboxylic acids is 1. The number of aromatic nitrogens is 5. The molecule has 168 valence electrons. The summed E-state index contributed by atoms with van der Waals surface area (Å²) in [6.07, 6.45) is 1.40. The number of amides is 1. The SMILES string of the molecule is Nc1nonc1-n1nnc(C(=O)N/N=C\c2ccc(-c3ccc(Br)cc3)o2)c1-c1ccccc1. The van der Waals surface area contributed by atoms with E-state index >= 15 is 0 Å². The fourth-order valence-corrected chi connectivity index (χ4v) is 3.44. The number of furan rings is 1. The van der Waals surface area contributed by atoms with Crippen molar-refractivity contribution in [1.82, 2.24) is 30.7 Å². The van der Waals surface area contributed by atoms with Gasteiger partial charge in [0.15, 0.2) is 5.69 Å². The van der Waals surface area contributed by atoms with E-state index in [1.807, 2.05) is 48.5 Å². The van der Waals surface area contributed by atoms with E-state index in [0.717, 1.165) is 10.0 Å². The molecule has 0 aliphatic heterocycles. The monoisotopic (exact) mass is 518 g/mol. The quantitative estimate of drug-likeness (QED) is 0.255. The molecule has 5 rings (SSSR count). The van der Waals surface area contributed by atoms with E-state index in [9.17, 15) is 4.79 Å². The molecule has 12 heteroatoms. The first-order chi connectivity index (χ1) is 16.6. The lowest BCUT2D eigenvalue weighted by Crippen LogP contribution is -2.19. The Kier molecular flexibility index (Phi) is 5.70. The van der Waals surface area contributed by atoms with Crippen LogP contribution in [0.25, 0.3) is 28.4 Å². The third-order valence-electron chi connectivity index (χ3n) is 4.74. The first-order valence-corrected chi connectivity index (χ1v) is 10.7. The summed E-state index contributed by atoms with van der Waals surface area (Å²) < 4.78 is 12.7. The second-order valence-corrected chi connectivity index (χ2v) is 7.86. The smallest absolute Gasteiger partial charge is 0.294 e. The normalized spacial score (nSPS) is 11.2. The summed E-state index contributed by atoms with van der Waals surface area (Å²) in [5.74, 6) is 0.674. The van der Waals surface area contributed by atoms with Crippen molar-refractivity contribution in [3.63, 3.8) is 0 Å². The molecule has 0 unspecified atom stereocenters. The van der Waals surface area contributed by atoms with Crippen LogP contribution in [0.2, 0.25) is 0 Å². The molecule has 0 spiro atoms. The Morgan fingerprint density at radius 3 is 2.56 bits per heavy atom. The van der Waals surface area contributed by atoms with E-state index in [-0.39, 0.29) is 17.3 Å². The average molecular weight is 519 g/mol. The number of nitrogens with one attached hydrogen (secondary N) is 1. The number of benzene rings is 2. The lowest BCUT2D eigenvalue weighted by molar-refractivity contribution is 0.0950. The Balaban J connectivity index is 1.38. The van der Waals surface area contributed by atoms with Crippen LogP contribution >= 0.6 is 15.9 Å². The number of rotatable bonds is 6. The maximum Gasteiger partial charge on any atom is 0.294 e.